The van der Waals surface area contributed by atoms with Gasteiger partial charge >= 0.3 is 0 Å². The van der Waals surface area contributed by atoms with Crippen molar-refractivity contribution in [3.8, 4) is 5.75 Å². The molecule has 0 unspecified atom stereocenters. The molecular weight excluding hydrogens is 495 g/mol. The maximum absolute atomic E-state index is 13.4. The molecule has 0 aliphatic carbocycles. The Morgan fingerprint density at radius 3 is 2.35 bits per heavy atom. The molecule has 3 aromatic rings. The highest BCUT2D eigenvalue weighted by atomic mass is 35.5. The van der Waals surface area contributed by atoms with Crippen molar-refractivity contribution in [1.29, 1.82) is 0 Å². The largest absolute Gasteiger partial charge is 0.491 e. The van der Waals surface area contributed by atoms with Gasteiger partial charge < -0.3 is 10.1 Å². The Kier molecular flexibility index (Phi) is 8.47. The van der Waals surface area contributed by atoms with Gasteiger partial charge in [0.05, 0.1) is 27.2 Å². The first-order valence-electron chi connectivity index (χ1n) is 10.6. The van der Waals surface area contributed by atoms with E-state index in [0.717, 1.165) is 26.7 Å². The molecule has 3 rings (SSSR count). The molecule has 9 heteroatoms. The Bertz CT molecular complexity index is 1280. The minimum atomic E-state index is -4.04. The molecule has 0 saturated heterocycles. The number of aryl methyl sites for hydroxylation is 2. The van der Waals surface area contributed by atoms with Gasteiger partial charge in [0, 0.05) is 0 Å². The van der Waals surface area contributed by atoms with E-state index in [1.54, 1.807) is 12.1 Å². The van der Waals surface area contributed by atoms with Crippen molar-refractivity contribution in [2.75, 3.05) is 24.0 Å². The van der Waals surface area contributed by atoms with Crippen LogP contribution < -0.4 is 14.4 Å². The van der Waals surface area contributed by atoms with E-state index >= 15 is 0 Å². The fraction of sp³-hybridized carbons (Fsp3) is 0.240. The van der Waals surface area contributed by atoms with Gasteiger partial charge in [-0.15, -0.1) is 0 Å². The predicted octanol–water partition coefficient (Wildman–Crippen LogP) is 5.31. The standard InChI is InChI=1S/C25H26Cl2N2O4S/c1-17-7-10-21(11-8-17)34(31,32)29(20-9-12-22(26)23(27)15-20)16-25(30)28-13-14-33-24-6-4-5-18(2)19(24)3/h4-12,15H,13-14,16H2,1-3H3,(H,28,30). The lowest BCUT2D eigenvalue weighted by molar-refractivity contribution is -0.119. The number of anilines is 1. The first-order valence-corrected chi connectivity index (χ1v) is 12.8. The summed E-state index contributed by atoms with van der Waals surface area (Å²) in [5.41, 5.74) is 3.29. The van der Waals surface area contributed by atoms with E-state index in [0.29, 0.717) is 0 Å². The highest BCUT2D eigenvalue weighted by molar-refractivity contribution is 7.92. The van der Waals surface area contributed by atoms with Gasteiger partial charge in [-0.05, 0) is 68.3 Å². The maximum atomic E-state index is 13.4. The molecule has 1 N–H and O–H groups in total. The van der Waals surface area contributed by atoms with Gasteiger partial charge in [-0.1, -0.05) is 53.0 Å². The zero-order valence-corrected chi connectivity index (χ0v) is 21.5. The van der Waals surface area contributed by atoms with Crippen LogP contribution in [0.4, 0.5) is 5.69 Å². The number of benzene rings is 3. The highest BCUT2D eigenvalue weighted by Gasteiger charge is 2.27. The quantitative estimate of drug-likeness (QED) is 0.388. The topological polar surface area (TPSA) is 75.7 Å². The molecule has 0 atom stereocenters. The van der Waals surface area contributed by atoms with E-state index in [1.165, 1.54) is 30.3 Å². The van der Waals surface area contributed by atoms with Crippen LogP contribution in [0.5, 0.6) is 5.75 Å². The Hall–Kier alpha value is -2.74. The molecule has 6 nitrogen and oxygen atoms in total. The van der Waals surface area contributed by atoms with E-state index < -0.39 is 22.5 Å². The van der Waals surface area contributed by atoms with E-state index in [4.69, 9.17) is 27.9 Å². The first-order chi connectivity index (χ1) is 16.1. The fourth-order valence-corrected chi connectivity index (χ4v) is 4.92. The Morgan fingerprint density at radius 2 is 1.68 bits per heavy atom. The number of nitrogens with zero attached hydrogens (tertiary/aromatic N) is 1. The molecule has 34 heavy (non-hydrogen) atoms. The number of hydrogen-bond acceptors (Lipinski definition) is 4. The minimum Gasteiger partial charge on any atom is -0.491 e. The smallest absolute Gasteiger partial charge is 0.264 e. The molecule has 0 aromatic heterocycles. The number of carbonyl (C=O) groups excluding carboxylic acids is 1. The van der Waals surface area contributed by atoms with Crippen LogP contribution in [0, 0.1) is 20.8 Å². The second-order valence-corrected chi connectivity index (χ2v) is 10.5. The molecule has 3 aromatic carbocycles. The lowest BCUT2D eigenvalue weighted by Gasteiger charge is -2.24. The van der Waals surface area contributed by atoms with Crippen LogP contribution in [-0.4, -0.2) is 34.0 Å². The molecule has 1 amide bonds. The molecule has 0 fully saturated rings. The molecule has 0 bridgehead atoms. The summed E-state index contributed by atoms with van der Waals surface area (Å²) in [4.78, 5) is 12.8. The summed E-state index contributed by atoms with van der Waals surface area (Å²) in [7, 11) is -4.04. The van der Waals surface area contributed by atoms with E-state index in [-0.39, 0.29) is 33.8 Å². The van der Waals surface area contributed by atoms with Crippen LogP contribution in [0.3, 0.4) is 0 Å². The van der Waals surface area contributed by atoms with Crippen molar-refractivity contribution < 1.29 is 17.9 Å². The molecule has 0 aliphatic rings. The molecule has 0 radical (unpaired) electrons. The number of sulfonamides is 1. The summed E-state index contributed by atoms with van der Waals surface area (Å²) in [5.74, 6) is 0.264. The van der Waals surface area contributed by atoms with E-state index in [2.05, 4.69) is 5.32 Å². The SMILES string of the molecule is Cc1ccc(S(=O)(=O)N(CC(=O)NCCOc2cccc(C)c2C)c2ccc(Cl)c(Cl)c2)cc1. The predicted molar refractivity (Wildman–Crippen MR) is 137 cm³/mol. The third kappa shape index (κ3) is 6.23. The molecule has 0 aliphatic heterocycles. The number of carbonyl (C=O) groups is 1. The van der Waals surface area contributed by atoms with Crippen molar-refractivity contribution in [2.45, 2.75) is 25.7 Å². The number of rotatable bonds is 9. The van der Waals surface area contributed by atoms with Crippen molar-refractivity contribution >= 4 is 44.8 Å². The van der Waals surface area contributed by atoms with Crippen LogP contribution in [0.15, 0.2) is 65.6 Å². The van der Waals surface area contributed by atoms with Gasteiger partial charge in [-0.2, -0.15) is 0 Å². The van der Waals surface area contributed by atoms with Crippen LogP contribution in [0.25, 0.3) is 0 Å². The second-order valence-electron chi connectivity index (χ2n) is 7.82. The maximum Gasteiger partial charge on any atom is 0.264 e. The second kappa shape index (κ2) is 11.1. The van der Waals surface area contributed by atoms with Crippen LogP contribution in [0.1, 0.15) is 16.7 Å². The number of amides is 1. The van der Waals surface area contributed by atoms with Gasteiger partial charge in [0.1, 0.15) is 18.9 Å². The van der Waals surface area contributed by atoms with E-state index in [9.17, 15) is 13.2 Å². The summed E-state index contributed by atoms with van der Waals surface area (Å²) in [5, 5.41) is 3.19. The van der Waals surface area contributed by atoms with Crippen molar-refractivity contribution in [1.82, 2.24) is 5.32 Å². The van der Waals surface area contributed by atoms with E-state index in [1.807, 2.05) is 39.0 Å². The lowest BCUT2D eigenvalue weighted by atomic mass is 10.1. The molecular formula is C25H26Cl2N2O4S. The lowest BCUT2D eigenvalue weighted by Crippen LogP contribution is -2.42. The third-order valence-electron chi connectivity index (χ3n) is 5.32. The molecule has 180 valence electrons. The third-order valence-corrected chi connectivity index (χ3v) is 7.85. The average Bonchev–Trinajstić information content (AvgIpc) is 2.80. The monoisotopic (exact) mass is 520 g/mol. The molecule has 0 spiro atoms. The van der Waals surface area contributed by atoms with Crippen LogP contribution in [-0.2, 0) is 14.8 Å². The summed E-state index contributed by atoms with van der Waals surface area (Å²) in [6.45, 7) is 5.85. The van der Waals surface area contributed by atoms with Gasteiger partial charge in [0.25, 0.3) is 10.0 Å². The molecule has 0 heterocycles. The van der Waals surface area contributed by atoms with Gasteiger partial charge in [-0.25, -0.2) is 8.42 Å². The number of halogens is 2. The zero-order valence-electron chi connectivity index (χ0n) is 19.1. The zero-order chi connectivity index (χ0) is 24.9. The minimum absolute atomic E-state index is 0.0650. The van der Waals surface area contributed by atoms with Crippen molar-refractivity contribution in [2.24, 2.45) is 0 Å². The average molecular weight is 521 g/mol. The number of ether oxygens (including phenoxy) is 1. The normalized spacial score (nSPS) is 11.2. The van der Waals surface area contributed by atoms with Crippen molar-refractivity contribution in [3.05, 3.63) is 87.4 Å². The van der Waals surface area contributed by atoms with Crippen molar-refractivity contribution in [3.63, 3.8) is 0 Å². The Labute approximate surface area is 210 Å². The Balaban J connectivity index is 1.74. The van der Waals surface area contributed by atoms with Gasteiger partial charge in [0.15, 0.2) is 0 Å². The number of hydrogen-bond donors (Lipinski definition) is 1. The first kappa shape index (κ1) is 25.9. The number of nitrogens with one attached hydrogen (secondary N) is 1. The van der Waals surface area contributed by atoms with Crippen LogP contribution in [0.2, 0.25) is 10.0 Å². The van der Waals surface area contributed by atoms with Gasteiger partial charge in [-0.3, -0.25) is 9.10 Å². The summed E-state index contributed by atoms with van der Waals surface area (Å²) in [6.07, 6.45) is 0. The Morgan fingerprint density at radius 1 is 0.971 bits per heavy atom. The summed E-state index contributed by atoms with van der Waals surface area (Å²) >= 11 is 12.1. The summed E-state index contributed by atoms with van der Waals surface area (Å²) < 4.78 is 33.6. The van der Waals surface area contributed by atoms with Crippen LogP contribution >= 0.6 is 23.2 Å². The highest BCUT2D eigenvalue weighted by Crippen LogP contribution is 2.30. The fourth-order valence-electron chi connectivity index (χ4n) is 3.21. The molecule has 0 saturated carbocycles. The summed E-state index contributed by atoms with van der Waals surface area (Å²) in [6, 6.07) is 16.6. The van der Waals surface area contributed by atoms with Gasteiger partial charge in [0.2, 0.25) is 5.91 Å².